The molecule has 0 aliphatic rings. The molecule has 2 aromatic heterocycles. The highest BCUT2D eigenvalue weighted by molar-refractivity contribution is 7.71. The van der Waals surface area contributed by atoms with Gasteiger partial charge in [0.1, 0.15) is 5.52 Å². The molecule has 0 saturated heterocycles. The Morgan fingerprint density at radius 3 is 2.63 bits per heavy atom. The van der Waals surface area contributed by atoms with Crippen molar-refractivity contribution in [3.63, 3.8) is 0 Å². The van der Waals surface area contributed by atoms with E-state index in [0.29, 0.717) is 0 Å². The second-order valence-corrected chi connectivity index (χ2v) is 5.26. The van der Waals surface area contributed by atoms with Crippen molar-refractivity contribution in [3.8, 4) is 0 Å². The van der Waals surface area contributed by atoms with E-state index in [0.717, 1.165) is 54.2 Å². The molecular weight excluding hydrogens is 258 g/mol. The predicted molar refractivity (Wildman–Crippen MR) is 81.0 cm³/mol. The Balaban J connectivity index is 2.16. The minimum absolute atomic E-state index is 0.797. The lowest BCUT2D eigenvalue weighted by Gasteiger charge is -2.17. The summed E-state index contributed by atoms with van der Waals surface area (Å²) in [7, 11) is 1.97. The maximum Gasteiger partial charge on any atom is 0.179 e. The van der Waals surface area contributed by atoms with Crippen molar-refractivity contribution >= 4 is 23.4 Å². The van der Waals surface area contributed by atoms with Gasteiger partial charge in [-0.15, -0.1) is 0 Å². The van der Waals surface area contributed by atoms with Crippen LogP contribution in [0.3, 0.4) is 0 Å². The Kier molecular flexibility index (Phi) is 4.42. The van der Waals surface area contributed by atoms with E-state index in [-0.39, 0.29) is 0 Å². The fourth-order valence-corrected chi connectivity index (χ4v) is 2.85. The van der Waals surface area contributed by atoms with Gasteiger partial charge in [0, 0.05) is 13.6 Å². The molecule has 0 radical (unpaired) electrons. The molecular formula is C13H23N5S. The minimum Gasteiger partial charge on any atom is -0.328 e. The van der Waals surface area contributed by atoms with Crippen LogP contribution in [0.2, 0.25) is 0 Å². The third-order valence-electron chi connectivity index (χ3n) is 3.68. The predicted octanol–water partition coefficient (Wildman–Crippen LogP) is 2.47. The van der Waals surface area contributed by atoms with Crippen LogP contribution in [0.5, 0.6) is 0 Å². The molecule has 0 fully saturated rings. The van der Waals surface area contributed by atoms with Crippen molar-refractivity contribution in [3.05, 3.63) is 10.5 Å². The number of aryl methyl sites for hydroxylation is 3. The van der Waals surface area contributed by atoms with E-state index >= 15 is 0 Å². The van der Waals surface area contributed by atoms with Gasteiger partial charge < -0.3 is 14.5 Å². The van der Waals surface area contributed by atoms with Gasteiger partial charge in [0.05, 0.1) is 5.69 Å². The molecule has 0 spiro atoms. The monoisotopic (exact) mass is 281 g/mol. The molecule has 2 aromatic rings. The Morgan fingerprint density at radius 1 is 1.32 bits per heavy atom. The van der Waals surface area contributed by atoms with Crippen LogP contribution >= 0.6 is 12.2 Å². The lowest BCUT2D eigenvalue weighted by molar-refractivity contribution is 0.293. The number of imidazole rings is 1. The highest BCUT2D eigenvalue weighted by atomic mass is 32.1. The number of rotatable bonds is 6. The third-order valence-corrected chi connectivity index (χ3v) is 4.00. The molecule has 19 heavy (non-hydrogen) atoms. The molecule has 0 unspecified atom stereocenters. The fraction of sp³-hybridized carbons (Fsp3) is 0.692. The quantitative estimate of drug-likeness (QED) is 0.827. The van der Waals surface area contributed by atoms with Gasteiger partial charge >= 0.3 is 0 Å². The van der Waals surface area contributed by atoms with Crippen LogP contribution in [0.1, 0.15) is 26.0 Å². The van der Waals surface area contributed by atoms with E-state index in [1.54, 1.807) is 0 Å². The lowest BCUT2D eigenvalue weighted by atomic mass is 10.3. The van der Waals surface area contributed by atoms with Crippen LogP contribution in [0.4, 0.5) is 0 Å². The van der Waals surface area contributed by atoms with Crippen LogP contribution in [-0.4, -0.2) is 43.9 Å². The maximum absolute atomic E-state index is 5.41. The van der Waals surface area contributed by atoms with Crippen LogP contribution < -0.4 is 0 Å². The smallest absolute Gasteiger partial charge is 0.179 e. The number of hydrogen-bond donors (Lipinski definition) is 1. The second kappa shape index (κ2) is 5.88. The van der Waals surface area contributed by atoms with Gasteiger partial charge in [-0.1, -0.05) is 13.8 Å². The van der Waals surface area contributed by atoms with E-state index in [1.165, 1.54) is 0 Å². The number of nitrogens with one attached hydrogen (secondary N) is 1. The Bertz CT molecular complexity index is 602. The summed E-state index contributed by atoms with van der Waals surface area (Å²) >= 11 is 5.41. The van der Waals surface area contributed by atoms with Gasteiger partial charge in [0.2, 0.25) is 0 Å². The lowest BCUT2D eigenvalue weighted by Crippen LogP contribution is -2.24. The van der Waals surface area contributed by atoms with Crippen molar-refractivity contribution in [2.45, 2.75) is 33.7 Å². The summed E-state index contributed by atoms with van der Waals surface area (Å²) in [6.07, 6.45) is 1.10. The summed E-state index contributed by atoms with van der Waals surface area (Å²) < 4.78 is 4.87. The summed E-state index contributed by atoms with van der Waals surface area (Å²) in [6.45, 7) is 10.7. The first-order chi connectivity index (χ1) is 9.08. The van der Waals surface area contributed by atoms with Gasteiger partial charge in [0.15, 0.2) is 10.4 Å². The number of aromatic amines is 1. The second-order valence-electron chi connectivity index (χ2n) is 4.87. The molecule has 2 heterocycles. The van der Waals surface area contributed by atoms with E-state index in [4.69, 9.17) is 12.2 Å². The van der Waals surface area contributed by atoms with E-state index < -0.39 is 0 Å². The number of nitrogens with zero attached hydrogens (tertiary/aromatic N) is 4. The van der Waals surface area contributed by atoms with Gasteiger partial charge in [-0.2, -0.15) is 5.10 Å². The number of hydrogen-bond acceptors (Lipinski definition) is 3. The topological polar surface area (TPSA) is 41.8 Å². The number of fused-ring (bicyclic) bond motifs is 1. The van der Waals surface area contributed by atoms with Gasteiger partial charge in [-0.3, -0.25) is 4.68 Å². The molecule has 0 aromatic carbocycles. The van der Waals surface area contributed by atoms with E-state index in [1.807, 2.05) is 18.7 Å². The van der Waals surface area contributed by atoms with Crippen LogP contribution in [-0.2, 0) is 13.6 Å². The van der Waals surface area contributed by atoms with Crippen molar-refractivity contribution < 1.29 is 0 Å². The first kappa shape index (κ1) is 14.3. The zero-order chi connectivity index (χ0) is 14.0. The summed E-state index contributed by atoms with van der Waals surface area (Å²) in [5.74, 6) is 0. The molecule has 5 nitrogen and oxygen atoms in total. The van der Waals surface area contributed by atoms with E-state index in [9.17, 15) is 0 Å². The molecule has 0 aliphatic carbocycles. The van der Waals surface area contributed by atoms with Crippen LogP contribution in [0.25, 0.3) is 11.2 Å². The summed E-state index contributed by atoms with van der Waals surface area (Å²) in [4.78, 5) is 5.70. The van der Waals surface area contributed by atoms with Gasteiger partial charge in [-0.05, 0) is 45.2 Å². The summed E-state index contributed by atoms with van der Waals surface area (Å²) in [5.41, 5.74) is 3.17. The normalized spacial score (nSPS) is 11.8. The SMILES string of the molecule is CCN(CC)CCCn1c(=S)[nH]c2c(C)nn(C)c21. The van der Waals surface area contributed by atoms with Crippen LogP contribution in [0, 0.1) is 11.7 Å². The van der Waals surface area contributed by atoms with Crippen molar-refractivity contribution in [2.24, 2.45) is 7.05 Å². The highest BCUT2D eigenvalue weighted by Crippen LogP contribution is 2.17. The first-order valence-corrected chi connectivity index (χ1v) is 7.33. The molecule has 2 rings (SSSR count). The average Bonchev–Trinajstić information content (AvgIpc) is 2.84. The fourth-order valence-electron chi connectivity index (χ4n) is 2.57. The van der Waals surface area contributed by atoms with Crippen molar-refractivity contribution in [2.75, 3.05) is 19.6 Å². The molecule has 0 amide bonds. The van der Waals surface area contributed by atoms with Crippen LogP contribution in [0.15, 0.2) is 0 Å². The maximum atomic E-state index is 5.41. The Morgan fingerprint density at radius 2 is 2.00 bits per heavy atom. The van der Waals surface area contributed by atoms with Crippen molar-refractivity contribution in [1.82, 2.24) is 24.2 Å². The zero-order valence-electron chi connectivity index (χ0n) is 12.2. The number of aromatic nitrogens is 4. The summed E-state index contributed by atoms with van der Waals surface area (Å²) in [6, 6.07) is 0. The van der Waals surface area contributed by atoms with E-state index in [2.05, 4.69) is 33.4 Å². The molecule has 106 valence electrons. The molecule has 6 heteroatoms. The molecule has 0 bridgehead atoms. The van der Waals surface area contributed by atoms with Crippen molar-refractivity contribution in [1.29, 1.82) is 0 Å². The standard InChI is InChI=1S/C13H23N5S/c1-5-17(6-2)8-7-9-18-12-11(14-13(18)19)10(3)15-16(12)4/h5-9H2,1-4H3,(H,14,19). The zero-order valence-corrected chi connectivity index (χ0v) is 13.0. The van der Waals surface area contributed by atoms with Gasteiger partial charge in [-0.25, -0.2) is 0 Å². The van der Waals surface area contributed by atoms with Gasteiger partial charge in [0.25, 0.3) is 0 Å². The molecule has 0 saturated carbocycles. The number of H-pyrrole nitrogens is 1. The highest BCUT2D eigenvalue weighted by Gasteiger charge is 2.12. The molecule has 0 aliphatic heterocycles. The summed E-state index contributed by atoms with van der Waals surface area (Å²) in [5, 5.41) is 4.44. The Labute approximate surface area is 119 Å². The first-order valence-electron chi connectivity index (χ1n) is 6.92. The third kappa shape index (κ3) is 2.74. The molecule has 0 atom stereocenters. The largest absolute Gasteiger partial charge is 0.328 e. The molecule has 1 N–H and O–H groups in total. The Hall–Kier alpha value is -1.14. The average molecular weight is 281 g/mol. The minimum atomic E-state index is 0.797.